The van der Waals surface area contributed by atoms with E-state index in [2.05, 4.69) is 12.2 Å². The highest BCUT2D eigenvalue weighted by Crippen LogP contribution is 2.53. The van der Waals surface area contributed by atoms with Crippen LogP contribution in [0.5, 0.6) is 0 Å². The lowest BCUT2D eigenvalue weighted by Gasteiger charge is -2.31. The zero-order valence-electron chi connectivity index (χ0n) is 14.3. The topological polar surface area (TPSA) is 46.5 Å². The van der Waals surface area contributed by atoms with Crippen LogP contribution in [-0.2, 0) is 9.53 Å². The van der Waals surface area contributed by atoms with E-state index in [1.807, 2.05) is 0 Å². The molecule has 23 heavy (non-hydrogen) atoms. The van der Waals surface area contributed by atoms with E-state index in [4.69, 9.17) is 9.84 Å². The molecule has 2 bridgehead atoms. The number of aliphatic carboxylic acids is 1. The fraction of sp³-hybridized carbons (Fsp3) is 0.850. The normalized spacial score (nSPS) is 33.9. The van der Waals surface area contributed by atoms with Crippen molar-refractivity contribution < 1.29 is 14.6 Å². The zero-order chi connectivity index (χ0) is 16.1. The summed E-state index contributed by atoms with van der Waals surface area (Å²) in [5.41, 5.74) is 0. The van der Waals surface area contributed by atoms with E-state index in [-0.39, 0.29) is 6.42 Å². The largest absolute Gasteiger partial charge is 0.481 e. The molecule has 0 aromatic rings. The van der Waals surface area contributed by atoms with Gasteiger partial charge in [0, 0.05) is 6.42 Å². The van der Waals surface area contributed by atoms with Gasteiger partial charge >= 0.3 is 5.97 Å². The van der Waals surface area contributed by atoms with E-state index in [1.54, 1.807) is 0 Å². The fourth-order valence-electron chi connectivity index (χ4n) is 5.20. The Kier molecular flexibility index (Phi) is 6.15. The van der Waals surface area contributed by atoms with E-state index >= 15 is 0 Å². The molecule has 0 heterocycles. The average Bonchev–Trinajstić information content (AvgIpc) is 3.25. The van der Waals surface area contributed by atoms with Crippen molar-refractivity contribution >= 4 is 5.97 Å². The molecule has 1 N–H and O–H groups in total. The van der Waals surface area contributed by atoms with Crippen molar-refractivity contribution in [1.82, 2.24) is 0 Å². The first-order valence-electron chi connectivity index (χ1n) is 9.72. The number of hydrogen-bond donors (Lipinski definition) is 1. The number of fused-ring (bicyclic) bond motifs is 2. The number of carbonyl (C=O) groups is 1. The van der Waals surface area contributed by atoms with Gasteiger partial charge in [-0.3, -0.25) is 4.79 Å². The first-order valence-corrected chi connectivity index (χ1v) is 9.72. The Labute approximate surface area is 140 Å². The first kappa shape index (κ1) is 17.0. The van der Waals surface area contributed by atoms with E-state index in [1.165, 1.54) is 51.4 Å². The van der Waals surface area contributed by atoms with Crippen LogP contribution in [0.25, 0.3) is 0 Å². The standard InChI is InChI=1S/C20H32O3/c21-20(22)10-4-2-1-3-9-18-15-11-12-16(13-15)19(18)14-23-17-7-5-6-8-17/h1,3,15-19H,2,4-14H2,(H,21,22)/b3-1-/t15-,16+,18-,19+/m0/s1. The molecule has 0 aliphatic heterocycles. The van der Waals surface area contributed by atoms with E-state index < -0.39 is 5.97 Å². The van der Waals surface area contributed by atoms with Crippen LogP contribution in [0.15, 0.2) is 12.2 Å². The van der Waals surface area contributed by atoms with Gasteiger partial charge < -0.3 is 9.84 Å². The lowest BCUT2D eigenvalue weighted by molar-refractivity contribution is -0.137. The van der Waals surface area contributed by atoms with Gasteiger partial charge in [0.2, 0.25) is 0 Å². The Bertz CT molecular complexity index is 411. The van der Waals surface area contributed by atoms with Gasteiger partial charge in [-0.25, -0.2) is 0 Å². The molecule has 130 valence electrons. The summed E-state index contributed by atoms with van der Waals surface area (Å²) in [6.45, 7) is 0.989. The van der Waals surface area contributed by atoms with Crippen LogP contribution in [-0.4, -0.2) is 23.8 Å². The summed E-state index contributed by atoms with van der Waals surface area (Å²) in [4.78, 5) is 10.5. The lowest BCUT2D eigenvalue weighted by Crippen LogP contribution is -2.28. The maximum Gasteiger partial charge on any atom is 0.303 e. The summed E-state index contributed by atoms with van der Waals surface area (Å²) in [6, 6.07) is 0. The summed E-state index contributed by atoms with van der Waals surface area (Å²) in [7, 11) is 0. The molecule has 3 saturated carbocycles. The molecule has 0 saturated heterocycles. The molecular formula is C20H32O3. The van der Waals surface area contributed by atoms with Gasteiger partial charge in [-0.2, -0.15) is 0 Å². The van der Waals surface area contributed by atoms with Gasteiger partial charge in [0.25, 0.3) is 0 Å². The molecule has 0 aromatic heterocycles. The molecule has 0 aromatic carbocycles. The number of rotatable bonds is 9. The molecule has 0 unspecified atom stereocenters. The van der Waals surface area contributed by atoms with Crippen molar-refractivity contribution in [3.8, 4) is 0 Å². The van der Waals surface area contributed by atoms with Gasteiger partial charge in [0.15, 0.2) is 0 Å². The summed E-state index contributed by atoms with van der Waals surface area (Å²) in [5, 5.41) is 8.66. The van der Waals surface area contributed by atoms with Crippen molar-refractivity contribution in [2.45, 2.75) is 76.7 Å². The number of ether oxygens (including phenoxy) is 1. The first-order chi connectivity index (χ1) is 11.2. The van der Waals surface area contributed by atoms with Gasteiger partial charge in [-0.1, -0.05) is 25.0 Å². The minimum atomic E-state index is -0.685. The second-order valence-electron chi connectivity index (χ2n) is 7.89. The van der Waals surface area contributed by atoms with Crippen LogP contribution >= 0.6 is 0 Å². The van der Waals surface area contributed by atoms with Gasteiger partial charge in [-0.15, -0.1) is 0 Å². The molecule has 0 spiro atoms. The second kappa shape index (κ2) is 8.32. The molecule has 3 nitrogen and oxygen atoms in total. The molecule has 3 rings (SSSR count). The maximum absolute atomic E-state index is 10.5. The van der Waals surface area contributed by atoms with E-state index in [0.29, 0.717) is 6.10 Å². The Morgan fingerprint density at radius 3 is 2.52 bits per heavy atom. The molecular weight excluding hydrogens is 288 g/mol. The summed E-state index contributed by atoms with van der Waals surface area (Å²) in [6.07, 6.45) is 17.7. The molecule has 3 aliphatic carbocycles. The van der Waals surface area contributed by atoms with Crippen molar-refractivity contribution in [2.75, 3.05) is 6.61 Å². The Morgan fingerprint density at radius 1 is 1.04 bits per heavy atom. The fourth-order valence-corrected chi connectivity index (χ4v) is 5.20. The number of allylic oxidation sites excluding steroid dienone is 2. The zero-order valence-corrected chi connectivity index (χ0v) is 14.3. The third kappa shape index (κ3) is 4.59. The Balaban J connectivity index is 1.42. The van der Waals surface area contributed by atoms with E-state index in [0.717, 1.165) is 43.1 Å². The molecule has 0 amide bonds. The molecule has 3 heteroatoms. The quantitative estimate of drug-likeness (QED) is 0.490. The maximum atomic E-state index is 10.5. The smallest absolute Gasteiger partial charge is 0.303 e. The minimum absolute atomic E-state index is 0.288. The van der Waals surface area contributed by atoms with Crippen molar-refractivity contribution in [1.29, 1.82) is 0 Å². The highest BCUT2D eigenvalue weighted by molar-refractivity contribution is 5.66. The Morgan fingerprint density at radius 2 is 1.78 bits per heavy atom. The molecule has 4 atom stereocenters. The van der Waals surface area contributed by atoms with Crippen molar-refractivity contribution in [3.63, 3.8) is 0 Å². The van der Waals surface area contributed by atoms with Crippen LogP contribution in [0.2, 0.25) is 0 Å². The number of carboxylic acids is 1. The van der Waals surface area contributed by atoms with Crippen molar-refractivity contribution in [3.05, 3.63) is 12.2 Å². The van der Waals surface area contributed by atoms with Crippen LogP contribution < -0.4 is 0 Å². The van der Waals surface area contributed by atoms with Gasteiger partial charge in [0.1, 0.15) is 0 Å². The lowest BCUT2D eigenvalue weighted by atomic mass is 9.78. The van der Waals surface area contributed by atoms with Crippen LogP contribution in [0.1, 0.15) is 70.6 Å². The van der Waals surface area contributed by atoms with Gasteiger partial charge in [-0.05, 0) is 75.0 Å². The molecule has 3 aliphatic rings. The van der Waals surface area contributed by atoms with Crippen LogP contribution in [0, 0.1) is 23.7 Å². The van der Waals surface area contributed by atoms with Crippen LogP contribution in [0.3, 0.4) is 0 Å². The summed E-state index contributed by atoms with van der Waals surface area (Å²) < 4.78 is 6.25. The highest BCUT2D eigenvalue weighted by atomic mass is 16.5. The number of carboxylic acid groups (broad SMARTS) is 1. The third-order valence-electron chi connectivity index (χ3n) is 6.44. The molecule has 3 fully saturated rings. The van der Waals surface area contributed by atoms with Gasteiger partial charge in [0.05, 0.1) is 12.7 Å². The van der Waals surface area contributed by atoms with Crippen molar-refractivity contribution in [2.24, 2.45) is 23.7 Å². The second-order valence-corrected chi connectivity index (χ2v) is 7.89. The summed E-state index contributed by atoms with van der Waals surface area (Å²) in [5.74, 6) is 2.73. The Hall–Kier alpha value is -0.830. The highest BCUT2D eigenvalue weighted by Gasteiger charge is 2.46. The van der Waals surface area contributed by atoms with E-state index in [9.17, 15) is 4.79 Å². The number of unbranched alkanes of at least 4 members (excludes halogenated alkanes) is 1. The predicted molar refractivity (Wildman–Crippen MR) is 91.3 cm³/mol. The van der Waals surface area contributed by atoms with Crippen LogP contribution in [0.4, 0.5) is 0 Å². The average molecular weight is 320 g/mol. The third-order valence-corrected chi connectivity index (χ3v) is 6.44. The SMILES string of the molecule is O=C(O)CCC/C=C\C[C@H]1[C@H]2CC[C@H](C2)[C@H]1COC1CCCC1. The predicted octanol–water partition coefficient (Wildman–Crippen LogP) is 4.81. The minimum Gasteiger partial charge on any atom is -0.481 e. The monoisotopic (exact) mass is 320 g/mol. The summed E-state index contributed by atoms with van der Waals surface area (Å²) >= 11 is 0. The number of hydrogen-bond acceptors (Lipinski definition) is 2. The molecule has 0 radical (unpaired) electrons.